The molecule has 1 aliphatic rings. The summed E-state index contributed by atoms with van der Waals surface area (Å²) in [5.41, 5.74) is 0.0145. The van der Waals surface area contributed by atoms with E-state index in [9.17, 15) is 4.79 Å². The summed E-state index contributed by atoms with van der Waals surface area (Å²) in [5.74, 6) is 0.166. The van der Waals surface area contributed by atoms with E-state index in [2.05, 4.69) is 19.9 Å². The van der Waals surface area contributed by atoms with Crippen molar-refractivity contribution >= 4 is 5.91 Å². The predicted molar refractivity (Wildman–Crippen MR) is 45.2 cm³/mol. The maximum Gasteiger partial charge on any atom is 0.220 e. The smallest absolute Gasteiger partial charge is 0.220 e. The first kappa shape index (κ1) is 8.31. The van der Waals surface area contributed by atoms with Gasteiger partial charge in [-0.25, -0.2) is 0 Å². The second-order valence-electron chi connectivity index (χ2n) is 3.62. The van der Waals surface area contributed by atoms with E-state index < -0.39 is 0 Å². The molecule has 0 saturated heterocycles. The van der Waals surface area contributed by atoms with Gasteiger partial charge in [-0.2, -0.15) is 0 Å². The summed E-state index contributed by atoms with van der Waals surface area (Å²) >= 11 is 0. The highest BCUT2D eigenvalue weighted by molar-refractivity contribution is 5.74. The van der Waals surface area contributed by atoms with E-state index in [4.69, 9.17) is 0 Å². The molecular weight excluding hydrogens is 138 g/mol. The van der Waals surface area contributed by atoms with Crippen LogP contribution in [-0.2, 0) is 4.79 Å². The van der Waals surface area contributed by atoms with Crippen molar-refractivity contribution in [2.24, 2.45) is 0 Å². The highest BCUT2D eigenvalue weighted by Gasteiger charge is 2.28. The highest BCUT2D eigenvalue weighted by atomic mass is 16.2. The van der Waals surface area contributed by atoms with Gasteiger partial charge in [-0.15, -0.1) is 0 Å². The van der Waals surface area contributed by atoms with Gasteiger partial charge in [-0.3, -0.25) is 4.79 Å². The van der Waals surface area contributed by atoms with Crippen LogP contribution in [0.4, 0.5) is 0 Å². The fourth-order valence-electron chi connectivity index (χ4n) is 1.46. The number of carbonyl (C=O) groups excluding carboxylic acids is 1. The Morgan fingerprint density at radius 1 is 1.45 bits per heavy atom. The molecule has 0 radical (unpaired) electrons. The molecule has 0 aliphatic carbocycles. The Labute approximate surface area is 67.9 Å². The Balaban J connectivity index is 2.78. The zero-order chi connectivity index (χ0) is 8.48. The summed E-state index contributed by atoms with van der Waals surface area (Å²) < 4.78 is 0. The van der Waals surface area contributed by atoms with E-state index in [-0.39, 0.29) is 11.4 Å². The maximum atomic E-state index is 11.1. The minimum absolute atomic E-state index is 0.0145. The Hall–Kier alpha value is -0.790. The number of rotatable bonds is 0. The summed E-state index contributed by atoms with van der Waals surface area (Å²) in [7, 11) is 0. The first-order chi connectivity index (χ1) is 5.04. The quantitative estimate of drug-likeness (QED) is 0.484. The van der Waals surface area contributed by atoms with Crippen LogP contribution in [0.25, 0.3) is 0 Å². The lowest BCUT2D eigenvalue weighted by Gasteiger charge is -2.39. The average Bonchev–Trinajstić information content (AvgIpc) is 1.85. The van der Waals surface area contributed by atoms with Crippen LogP contribution in [-0.4, -0.2) is 22.9 Å². The molecule has 2 heteroatoms. The molecule has 0 atom stereocenters. The van der Waals surface area contributed by atoms with Crippen LogP contribution in [0, 0.1) is 0 Å². The number of nitrogens with zero attached hydrogens (tertiary/aromatic N) is 1. The molecule has 1 heterocycles. The minimum atomic E-state index is 0.0145. The fraction of sp³-hybridized carbons (Fsp3) is 0.667. The summed E-state index contributed by atoms with van der Waals surface area (Å²) in [4.78, 5) is 13.0. The Morgan fingerprint density at radius 2 is 2.09 bits per heavy atom. The Kier molecular flexibility index (Phi) is 2.03. The number of amides is 1. The molecule has 11 heavy (non-hydrogen) atoms. The number of hydrogen-bond donors (Lipinski definition) is 0. The number of hydrogen-bond acceptors (Lipinski definition) is 1. The summed E-state index contributed by atoms with van der Waals surface area (Å²) in [5, 5.41) is 0. The van der Waals surface area contributed by atoms with Crippen LogP contribution in [0.3, 0.4) is 0 Å². The molecule has 1 amide bonds. The average molecular weight is 153 g/mol. The zero-order valence-corrected chi connectivity index (χ0v) is 7.42. The number of carbonyl (C=O) groups is 1. The lowest BCUT2D eigenvalue weighted by atomic mass is 9.95. The molecule has 0 spiro atoms. The van der Waals surface area contributed by atoms with E-state index in [1.54, 1.807) is 6.92 Å². The molecule has 0 bridgehead atoms. The third-order valence-electron chi connectivity index (χ3n) is 2.18. The molecule has 0 fully saturated rings. The van der Waals surface area contributed by atoms with Crippen LogP contribution in [0.5, 0.6) is 0 Å². The molecule has 1 aliphatic heterocycles. The van der Waals surface area contributed by atoms with Crippen LogP contribution in [0.1, 0.15) is 27.2 Å². The predicted octanol–water partition coefficient (Wildman–Crippen LogP) is 1.57. The van der Waals surface area contributed by atoms with Crippen molar-refractivity contribution in [2.75, 3.05) is 6.54 Å². The van der Waals surface area contributed by atoms with E-state index in [0.29, 0.717) is 0 Å². The minimum Gasteiger partial charge on any atom is -0.334 e. The SMILES string of the molecule is CC(=O)N1CC=CCC1(C)C. The molecular formula is C9H15NO. The highest BCUT2D eigenvalue weighted by Crippen LogP contribution is 2.22. The molecule has 0 N–H and O–H groups in total. The normalized spacial score (nSPS) is 21.9. The van der Waals surface area contributed by atoms with Crippen molar-refractivity contribution in [2.45, 2.75) is 32.7 Å². The largest absolute Gasteiger partial charge is 0.334 e. The lowest BCUT2D eigenvalue weighted by molar-refractivity contribution is -0.133. The molecule has 0 aromatic rings. The van der Waals surface area contributed by atoms with Gasteiger partial charge in [0, 0.05) is 19.0 Å². The van der Waals surface area contributed by atoms with Crippen molar-refractivity contribution < 1.29 is 4.79 Å². The van der Waals surface area contributed by atoms with Gasteiger partial charge in [0.25, 0.3) is 0 Å². The van der Waals surface area contributed by atoms with Crippen molar-refractivity contribution in [3.63, 3.8) is 0 Å². The van der Waals surface area contributed by atoms with Crippen molar-refractivity contribution in [3.8, 4) is 0 Å². The lowest BCUT2D eigenvalue weighted by Crippen LogP contribution is -2.48. The van der Waals surface area contributed by atoms with E-state index in [0.717, 1.165) is 13.0 Å². The fourth-order valence-corrected chi connectivity index (χ4v) is 1.46. The molecule has 2 nitrogen and oxygen atoms in total. The van der Waals surface area contributed by atoms with Crippen LogP contribution >= 0.6 is 0 Å². The molecule has 0 aromatic carbocycles. The summed E-state index contributed by atoms with van der Waals surface area (Å²) in [6.45, 7) is 6.58. The first-order valence-electron chi connectivity index (χ1n) is 3.97. The zero-order valence-electron chi connectivity index (χ0n) is 7.42. The van der Waals surface area contributed by atoms with E-state index >= 15 is 0 Å². The van der Waals surface area contributed by atoms with Crippen molar-refractivity contribution in [1.82, 2.24) is 4.90 Å². The third kappa shape index (κ3) is 1.62. The van der Waals surface area contributed by atoms with Gasteiger partial charge in [0.15, 0.2) is 0 Å². The molecule has 0 aromatic heterocycles. The third-order valence-corrected chi connectivity index (χ3v) is 2.18. The summed E-state index contributed by atoms with van der Waals surface area (Å²) in [6, 6.07) is 0. The second kappa shape index (κ2) is 2.68. The Bertz CT molecular complexity index is 194. The van der Waals surface area contributed by atoms with Gasteiger partial charge in [-0.1, -0.05) is 12.2 Å². The molecule has 0 unspecified atom stereocenters. The van der Waals surface area contributed by atoms with E-state index in [1.165, 1.54) is 0 Å². The van der Waals surface area contributed by atoms with Crippen LogP contribution < -0.4 is 0 Å². The molecule has 1 rings (SSSR count). The van der Waals surface area contributed by atoms with Gasteiger partial charge in [0.2, 0.25) is 5.91 Å². The van der Waals surface area contributed by atoms with Gasteiger partial charge in [0.05, 0.1) is 0 Å². The topological polar surface area (TPSA) is 20.3 Å². The van der Waals surface area contributed by atoms with Gasteiger partial charge >= 0.3 is 0 Å². The van der Waals surface area contributed by atoms with E-state index in [1.807, 2.05) is 11.0 Å². The Morgan fingerprint density at radius 3 is 2.45 bits per heavy atom. The standard InChI is InChI=1S/C9H15NO/c1-8(11)10-7-5-4-6-9(10,2)3/h4-5H,6-7H2,1-3H3. The molecule has 0 saturated carbocycles. The van der Waals surface area contributed by atoms with Crippen LogP contribution in [0.2, 0.25) is 0 Å². The van der Waals surface area contributed by atoms with Gasteiger partial charge < -0.3 is 4.90 Å². The van der Waals surface area contributed by atoms with Gasteiger partial charge in [0.1, 0.15) is 0 Å². The van der Waals surface area contributed by atoms with Gasteiger partial charge in [-0.05, 0) is 20.3 Å². The summed E-state index contributed by atoms with van der Waals surface area (Å²) in [6.07, 6.45) is 5.15. The first-order valence-corrected chi connectivity index (χ1v) is 3.97. The second-order valence-corrected chi connectivity index (χ2v) is 3.62. The monoisotopic (exact) mass is 153 g/mol. The maximum absolute atomic E-state index is 11.1. The van der Waals surface area contributed by atoms with Crippen molar-refractivity contribution in [1.29, 1.82) is 0 Å². The van der Waals surface area contributed by atoms with Crippen LogP contribution in [0.15, 0.2) is 12.2 Å². The molecule has 62 valence electrons. The van der Waals surface area contributed by atoms with Crippen molar-refractivity contribution in [3.05, 3.63) is 12.2 Å².